The van der Waals surface area contributed by atoms with Crippen LogP contribution < -0.4 is 0 Å². The molecule has 0 bridgehead atoms. The molecule has 2 rings (SSSR count). The summed E-state index contributed by atoms with van der Waals surface area (Å²) in [5.74, 6) is 1.50. The van der Waals surface area contributed by atoms with Crippen LogP contribution in [0.5, 0.6) is 0 Å². The van der Waals surface area contributed by atoms with E-state index in [4.69, 9.17) is 4.52 Å². The second kappa shape index (κ2) is 4.90. The summed E-state index contributed by atoms with van der Waals surface area (Å²) in [4.78, 5) is 19.7. The predicted octanol–water partition coefficient (Wildman–Crippen LogP) is 1.38. The van der Waals surface area contributed by atoms with E-state index in [0.29, 0.717) is 24.0 Å². The Kier molecular flexibility index (Phi) is 3.32. The van der Waals surface area contributed by atoms with Gasteiger partial charge in [-0.2, -0.15) is 4.98 Å². The highest BCUT2D eigenvalue weighted by atomic mass is 16.5. The SMILES string of the molecule is CCCC(=O)Cc1nc(-c2nccn2C)no1. The highest BCUT2D eigenvalue weighted by molar-refractivity contribution is 5.79. The van der Waals surface area contributed by atoms with Gasteiger partial charge in [0.1, 0.15) is 5.78 Å². The van der Waals surface area contributed by atoms with Crippen LogP contribution in [0.25, 0.3) is 11.6 Å². The van der Waals surface area contributed by atoms with Crippen LogP contribution in [0.15, 0.2) is 16.9 Å². The van der Waals surface area contributed by atoms with Gasteiger partial charge in [-0.05, 0) is 6.42 Å². The van der Waals surface area contributed by atoms with Gasteiger partial charge in [-0.15, -0.1) is 0 Å². The van der Waals surface area contributed by atoms with Crippen LogP contribution in [-0.4, -0.2) is 25.5 Å². The average molecular weight is 234 g/mol. The molecule has 0 fully saturated rings. The summed E-state index contributed by atoms with van der Waals surface area (Å²) in [5, 5.41) is 3.81. The zero-order valence-electron chi connectivity index (χ0n) is 9.88. The van der Waals surface area contributed by atoms with Gasteiger partial charge >= 0.3 is 0 Å². The smallest absolute Gasteiger partial charge is 0.238 e. The van der Waals surface area contributed by atoms with Crippen LogP contribution in [0.1, 0.15) is 25.7 Å². The molecule has 0 aliphatic heterocycles. The number of aromatic nitrogens is 4. The van der Waals surface area contributed by atoms with Crippen molar-refractivity contribution in [2.75, 3.05) is 0 Å². The molecule has 0 N–H and O–H groups in total. The third-order valence-corrected chi connectivity index (χ3v) is 2.37. The standard InChI is InChI=1S/C11H14N4O2/c1-3-4-8(16)7-9-13-10(14-17-9)11-12-5-6-15(11)2/h5-6H,3-4,7H2,1-2H3. The predicted molar refractivity (Wildman–Crippen MR) is 60.1 cm³/mol. The molecule has 0 atom stereocenters. The fourth-order valence-electron chi connectivity index (χ4n) is 1.53. The van der Waals surface area contributed by atoms with E-state index in [0.717, 1.165) is 6.42 Å². The number of carbonyl (C=O) groups excluding carboxylic acids is 1. The molecule has 2 heterocycles. The Morgan fingerprint density at radius 1 is 1.53 bits per heavy atom. The molecule has 0 saturated heterocycles. The molecule has 17 heavy (non-hydrogen) atoms. The lowest BCUT2D eigenvalue weighted by Crippen LogP contribution is -2.02. The van der Waals surface area contributed by atoms with Crippen molar-refractivity contribution in [1.82, 2.24) is 19.7 Å². The van der Waals surface area contributed by atoms with Crippen LogP contribution in [0.4, 0.5) is 0 Å². The lowest BCUT2D eigenvalue weighted by atomic mass is 10.2. The van der Waals surface area contributed by atoms with Crippen molar-refractivity contribution in [1.29, 1.82) is 0 Å². The molecular formula is C11H14N4O2. The van der Waals surface area contributed by atoms with Crippen molar-refractivity contribution in [3.8, 4) is 11.6 Å². The quantitative estimate of drug-likeness (QED) is 0.781. The first-order valence-corrected chi connectivity index (χ1v) is 5.52. The van der Waals surface area contributed by atoms with E-state index >= 15 is 0 Å². The average Bonchev–Trinajstić information content (AvgIpc) is 2.87. The Bertz CT molecular complexity index is 515. The van der Waals surface area contributed by atoms with Crippen LogP contribution in [0.2, 0.25) is 0 Å². The minimum absolute atomic E-state index is 0.113. The highest BCUT2D eigenvalue weighted by Crippen LogP contribution is 2.12. The van der Waals surface area contributed by atoms with E-state index in [-0.39, 0.29) is 12.2 Å². The molecule has 2 aromatic rings. The Hall–Kier alpha value is -1.98. The molecule has 0 saturated carbocycles. The van der Waals surface area contributed by atoms with Crippen LogP contribution >= 0.6 is 0 Å². The van der Waals surface area contributed by atoms with Crippen molar-refractivity contribution in [3.63, 3.8) is 0 Å². The molecule has 0 aliphatic rings. The number of hydrogen-bond donors (Lipinski definition) is 0. The fraction of sp³-hybridized carbons (Fsp3) is 0.455. The molecule has 90 valence electrons. The summed E-state index contributed by atoms with van der Waals surface area (Å²) < 4.78 is 6.82. The monoisotopic (exact) mass is 234 g/mol. The van der Waals surface area contributed by atoms with E-state index in [1.807, 2.05) is 14.0 Å². The molecule has 2 aromatic heterocycles. The van der Waals surface area contributed by atoms with Gasteiger partial charge in [0.15, 0.2) is 5.82 Å². The van der Waals surface area contributed by atoms with Gasteiger partial charge in [-0.1, -0.05) is 12.1 Å². The summed E-state index contributed by atoms with van der Waals surface area (Å²) in [5.41, 5.74) is 0. The second-order valence-corrected chi connectivity index (χ2v) is 3.84. The summed E-state index contributed by atoms with van der Waals surface area (Å²) in [6.07, 6.45) is 5.03. The maximum absolute atomic E-state index is 11.4. The summed E-state index contributed by atoms with van der Waals surface area (Å²) >= 11 is 0. The van der Waals surface area contributed by atoms with Gasteiger partial charge in [-0.25, -0.2) is 4.98 Å². The van der Waals surface area contributed by atoms with E-state index in [9.17, 15) is 4.79 Å². The van der Waals surface area contributed by atoms with Gasteiger partial charge < -0.3 is 9.09 Å². The Balaban J connectivity index is 2.11. The molecule has 6 heteroatoms. The van der Waals surface area contributed by atoms with Crippen LogP contribution in [0.3, 0.4) is 0 Å². The van der Waals surface area contributed by atoms with Gasteiger partial charge in [0.2, 0.25) is 11.7 Å². The third-order valence-electron chi connectivity index (χ3n) is 2.37. The maximum Gasteiger partial charge on any atom is 0.238 e. The topological polar surface area (TPSA) is 73.8 Å². The second-order valence-electron chi connectivity index (χ2n) is 3.84. The Morgan fingerprint density at radius 2 is 2.35 bits per heavy atom. The van der Waals surface area contributed by atoms with Crippen LogP contribution in [-0.2, 0) is 18.3 Å². The molecule has 0 aliphatic carbocycles. The number of imidazole rings is 1. The van der Waals surface area contributed by atoms with E-state index in [2.05, 4.69) is 15.1 Å². The first-order chi connectivity index (χ1) is 8.20. The number of ketones is 1. The lowest BCUT2D eigenvalue weighted by Gasteiger charge is -1.93. The van der Waals surface area contributed by atoms with E-state index in [1.54, 1.807) is 17.0 Å². The van der Waals surface area contributed by atoms with Crippen molar-refractivity contribution < 1.29 is 9.32 Å². The Labute approximate surface area is 98.7 Å². The molecule has 6 nitrogen and oxygen atoms in total. The highest BCUT2D eigenvalue weighted by Gasteiger charge is 2.14. The fourth-order valence-corrected chi connectivity index (χ4v) is 1.53. The number of hydrogen-bond acceptors (Lipinski definition) is 5. The number of Topliss-reactive ketones (excluding diaryl/α,β-unsaturated/α-hetero) is 1. The zero-order chi connectivity index (χ0) is 12.3. The minimum atomic E-state index is 0.113. The number of aryl methyl sites for hydroxylation is 1. The number of rotatable bonds is 5. The maximum atomic E-state index is 11.4. The van der Waals surface area contributed by atoms with Crippen molar-refractivity contribution in [3.05, 3.63) is 18.3 Å². The molecule has 0 radical (unpaired) electrons. The third kappa shape index (κ3) is 2.58. The van der Waals surface area contributed by atoms with Crippen molar-refractivity contribution >= 4 is 5.78 Å². The van der Waals surface area contributed by atoms with Gasteiger partial charge in [-0.3, -0.25) is 4.79 Å². The van der Waals surface area contributed by atoms with Gasteiger partial charge in [0, 0.05) is 25.9 Å². The number of carbonyl (C=O) groups is 1. The largest absolute Gasteiger partial charge is 0.338 e. The molecule has 0 amide bonds. The van der Waals surface area contributed by atoms with Gasteiger partial charge in [0.25, 0.3) is 0 Å². The van der Waals surface area contributed by atoms with E-state index < -0.39 is 0 Å². The van der Waals surface area contributed by atoms with E-state index in [1.165, 1.54) is 0 Å². The lowest BCUT2D eigenvalue weighted by molar-refractivity contribution is -0.118. The van der Waals surface area contributed by atoms with Gasteiger partial charge in [0.05, 0.1) is 6.42 Å². The minimum Gasteiger partial charge on any atom is -0.338 e. The first-order valence-electron chi connectivity index (χ1n) is 5.52. The molecular weight excluding hydrogens is 220 g/mol. The van der Waals surface area contributed by atoms with Crippen molar-refractivity contribution in [2.24, 2.45) is 7.05 Å². The van der Waals surface area contributed by atoms with Crippen molar-refractivity contribution in [2.45, 2.75) is 26.2 Å². The summed E-state index contributed by atoms with van der Waals surface area (Å²) in [7, 11) is 1.85. The van der Waals surface area contributed by atoms with Crippen LogP contribution in [0, 0.1) is 0 Å². The molecule has 0 aromatic carbocycles. The summed E-state index contributed by atoms with van der Waals surface area (Å²) in [6.45, 7) is 1.96. The first kappa shape index (κ1) is 11.5. The molecule has 0 unspecified atom stereocenters. The molecule has 0 spiro atoms. The Morgan fingerprint density at radius 3 is 3.00 bits per heavy atom. The normalized spacial score (nSPS) is 10.7. The zero-order valence-corrected chi connectivity index (χ0v) is 9.88. The summed E-state index contributed by atoms with van der Waals surface area (Å²) in [6, 6.07) is 0. The number of nitrogens with zero attached hydrogens (tertiary/aromatic N) is 4.